The minimum absolute atomic E-state index is 0.172. The molecule has 0 aromatic heterocycles. The van der Waals surface area contributed by atoms with E-state index in [-0.39, 0.29) is 6.61 Å². The van der Waals surface area contributed by atoms with Crippen LogP contribution >= 0.6 is 0 Å². The van der Waals surface area contributed by atoms with Crippen LogP contribution in [0, 0.1) is 0 Å². The molecule has 5 nitrogen and oxygen atoms in total. The van der Waals surface area contributed by atoms with Crippen LogP contribution in [-0.4, -0.2) is 57.6 Å². The number of aliphatic hydroxyl groups is 1. The van der Waals surface area contributed by atoms with E-state index in [9.17, 15) is 5.11 Å². The third-order valence-corrected chi connectivity index (χ3v) is 5.24. The summed E-state index contributed by atoms with van der Waals surface area (Å²) >= 11 is 0. The smallest absolute Gasteiger partial charge is 0.143 e. The number of hydrogen-bond acceptors (Lipinski definition) is 5. The lowest BCUT2D eigenvalue weighted by Crippen LogP contribution is -2.38. The Hall–Kier alpha value is -2.86. The largest absolute Gasteiger partial charge is 0.497 e. The second kappa shape index (κ2) is 10.4. The van der Waals surface area contributed by atoms with Crippen LogP contribution in [0.2, 0.25) is 0 Å². The minimum atomic E-state index is -0.910. The molecular formula is C26H31NO4. The molecule has 0 aliphatic carbocycles. The molecule has 1 atom stereocenters. The van der Waals surface area contributed by atoms with Gasteiger partial charge in [0.05, 0.1) is 26.9 Å². The Labute approximate surface area is 184 Å². The average molecular weight is 422 g/mol. The quantitative estimate of drug-likeness (QED) is 0.503. The van der Waals surface area contributed by atoms with Crippen molar-refractivity contribution in [1.29, 1.82) is 0 Å². The molecule has 0 aliphatic heterocycles. The van der Waals surface area contributed by atoms with Crippen molar-refractivity contribution in [1.82, 2.24) is 4.90 Å². The Morgan fingerprint density at radius 1 is 0.742 bits per heavy atom. The summed E-state index contributed by atoms with van der Waals surface area (Å²) in [5.41, 5.74) is 1.96. The second-order valence-electron chi connectivity index (χ2n) is 7.73. The number of benzene rings is 3. The maximum absolute atomic E-state index is 10.6. The summed E-state index contributed by atoms with van der Waals surface area (Å²) in [5.74, 6) is 1.54. The van der Waals surface area contributed by atoms with Crippen LogP contribution in [0.5, 0.6) is 11.5 Å². The summed E-state index contributed by atoms with van der Waals surface area (Å²) in [7, 11) is 7.16. The van der Waals surface area contributed by atoms with Crippen LogP contribution in [0.15, 0.2) is 78.9 Å². The molecule has 0 saturated heterocycles. The van der Waals surface area contributed by atoms with Gasteiger partial charge in [-0.1, -0.05) is 54.6 Å². The van der Waals surface area contributed by atoms with Gasteiger partial charge in [0, 0.05) is 6.54 Å². The van der Waals surface area contributed by atoms with Gasteiger partial charge < -0.3 is 24.2 Å². The molecule has 0 heterocycles. The van der Waals surface area contributed by atoms with E-state index in [0.717, 1.165) is 28.2 Å². The molecule has 0 bridgehead atoms. The van der Waals surface area contributed by atoms with E-state index < -0.39 is 11.7 Å². The lowest BCUT2D eigenvalue weighted by atomic mass is 9.80. The minimum Gasteiger partial charge on any atom is -0.497 e. The summed E-state index contributed by atoms with van der Waals surface area (Å²) < 4.78 is 17.4. The van der Waals surface area contributed by atoms with Gasteiger partial charge in [-0.15, -0.1) is 0 Å². The van der Waals surface area contributed by atoms with Crippen molar-refractivity contribution in [3.63, 3.8) is 0 Å². The van der Waals surface area contributed by atoms with Gasteiger partial charge in [-0.3, -0.25) is 0 Å². The summed E-state index contributed by atoms with van der Waals surface area (Å²) in [4.78, 5) is 1.94. The van der Waals surface area contributed by atoms with Crippen LogP contribution in [0.3, 0.4) is 0 Å². The first-order valence-corrected chi connectivity index (χ1v) is 10.3. The lowest BCUT2D eigenvalue weighted by molar-refractivity contribution is -0.0434. The van der Waals surface area contributed by atoms with Crippen molar-refractivity contribution in [2.24, 2.45) is 0 Å². The van der Waals surface area contributed by atoms with E-state index >= 15 is 0 Å². The Balaban J connectivity index is 2.15. The van der Waals surface area contributed by atoms with E-state index in [4.69, 9.17) is 14.2 Å². The molecule has 0 spiro atoms. The summed E-state index contributed by atoms with van der Waals surface area (Å²) in [6, 6.07) is 25.8. The zero-order chi connectivity index (χ0) is 22.3. The van der Waals surface area contributed by atoms with Crippen molar-refractivity contribution in [2.75, 3.05) is 41.5 Å². The van der Waals surface area contributed by atoms with Crippen LogP contribution in [0.4, 0.5) is 0 Å². The number of rotatable bonds is 10. The molecule has 0 fully saturated rings. The Morgan fingerprint density at radius 3 is 1.61 bits per heavy atom. The van der Waals surface area contributed by atoms with Crippen LogP contribution in [-0.2, 0) is 10.3 Å². The highest BCUT2D eigenvalue weighted by Crippen LogP contribution is 2.41. The van der Waals surface area contributed by atoms with Crippen molar-refractivity contribution in [3.8, 4) is 11.5 Å². The van der Waals surface area contributed by atoms with Crippen molar-refractivity contribution >= 4 is 0 Å². The highest BCUT2D eigenvalue weighted by molar-refractivity contribution is 5.49. The molecule has 1 N–H and O–H groups in total. The average Bonchev–Trinajstić information content (AvgIpc) is 2.80. The number of methoxy groups -OCH3 is 2. The van der Waals surface area contributed by atoms with Gasteiger partial charge in [0.2, 0.25) is 0 Å². The van der Waals surface area contributed by atoms with Crippen molar-refractivity contribution in [2.45, 2.75) is 11.7 Å². The molecule has 0 radical (unpaired) electrons. The van der Waals surface area contributed by atoms with E-state index in [0.29, 0.717) is 6.54 Å². The number of ether oxygens (including phenoxy) is 3. The normalized spacial score (nSPS) is 12.6. The molecule has 5 heteroatoms. The summed E-state index contributed by atoms with van der Waals surface area (Å²) in [6.45, 7) is 0.682. The zero-order valence-electron chi connectivity index (χ0n) is 18.6. The second-order valence-corrected chi connectivity index (χ2v) is 7.73. The van der Waals surface area contributed by atoms with E-state index in [1.165, 1.54) is 0 Å². The number of nitrogens with zero attached hydrogens (tertiary/aromatic N) is 1. The zero-order valence-corrected chi connectivity index (χ0v) is 18.6. The van der Waals surface area contributed by atoms with Gasteiger partial charge >= 0.3 is 0 Å². The van der Waals surface area contributed by atoms with Crippen LogP contribution in [0.1, 0.15) is 16.7 Å². The van der Waals surface area contributed by atoms with Crippen molar-refractivity contribution < 1.29 is 19.3 Å². The first-order valence-electron chi connectivity index (χ1n) is 10.3. The highest BCUT2D eigenvalue weighted by Gasteiger charge is 2.38. The fourth-order valence-electron chi connectivity index (χ4n) is 3.77. The van der Waals surface area contributed by atoms with Crippen LogP contribution in [0.25, 0.3) is 0 Å². The fraction of sp³-hybridized carbons (Fsp3) is 0.308. The van der Waals surface area contributed by atoms with Crippen LogP contribution < -0.4 is 9.47 Å². The summed E-state index contributed by atoms with van der Waals surface area (Å²) in [5, 5.41) is 10.6. The van der Waals surface area contributed by atoms with Gasteiger partial charge in [-0.25, -0.2) is 0 Å². The van der Waals surface area contributed by atoms with E-state index in [2.05, 4.69) is 0 Å². The monoisotopic (exact) mass is 421 g/mol. The Morgan fingerprint density at radius 2 is 1.19 bits per heavy atom. The van der Waals surface area contributed by atoms with Crippen molar-refractivity contribution in [3.05, 3.63) is 95.6 Å². The molecule has 31 heavy (non-hydrogen) atoms. The molecule has 164 valence electrons. The summed E-state index contributed by atoms with van der Waals surface area (Å²) in [6.07, 6.45) is -0.630. The molecule has 3 rings (SSSR count). The van der Waals surface area contributed by atoms with Gasteiger partial charge in [-0.2, -0.15) is 0 Å². The fourth-order valence-corrected chi connectivity index (χ4v) is 3.77. The molecule has 0 aliphatic rings. The SMILES string of the molecule is COc1ccc(C(OCC(O)CN(C)C)(c2ccccc2)c2ccc(OC)cc2)cc1. The first kappa shape index (κ1) is 22.8. The molecule has 3 aromatic rings. The number of likely N-dealkylation sites (N-methyl/N-ethyl adjacent to an activating group) is 1. The molecule has 0 saturated carbocycles. The Kier molecular flexibility index (Phi) is 7.69. The third kappa shape index (κ3) is 5.25. The first-order chi connectivity index (χ1) is 15.0. The molecule has 0 amide bonds. The standard InChI is InChI=1S/C26H31NO4/c1-27(2)18-23(28)19-31-26(20-8-6-5-7-9-20,21-10-14-24(29-3)15-11-21)22-12-16-25(30-4)17-13-22/h5-17,23,28H,18-19H2,1-4H3. The molecule has 3 aromatic carbocycles. The number of aliphatic hydroxyl groups excluding tert-OH is 1. The molecule has 1 unspecified atom stereocenters. The Bertz CT molecular complexity index is 876. The van der Waals surface area contributed by atoms with Gasteiger partial charge in [0.15, 0.2) is 0 Å². The third-order valence-electron chi connectivity index (χ3n) is 5.24. The van der Waals surface area contributed by atoms with Gasteiger partial charge in [0.1, 0.15) is 17.1 Å². The maximum Gasteiger partial charge on any atom is 0.143 e. The van der Waals surface area contributed by atoms with E-state index in [1.807, 2.05) is 97.9 Å². The van der Waals surface area contributed by atoms with Gasteiger partial charge in [-0.05, 0) is 55.1 Å². The maximum atomic E-state index is 10.6. The lowest BCUT2D eigenvalue weighted by Gasteiger charge is -2.37. The highest BCUT2D eigenvalue weighted by atomic mass is 16.5. The molecular weight excluding hydrogens is 390 g/mol. The predicted octanol–water partition coefficient (Wildman–Crippen LogP) is 3.93. The number of hydrogen-bond donors (Lipinski definition) is 1. The topological polar surface area (TPSA) is 51.2 Å². The van der Waals surface area contributed by atoms with E-state index in [1.54, 1.807) is 14.2 Å². The van der Waals surface area contributed by atoms with Gasteiger partial charge in [0.25, 0.3) is 0 Å². The predicted molar refractivity (Wildman–Crippen MR) is 123 cm³/mol.